The molecule has 1 aromatic carbocycles. The van der Waals surface area contributed by atoms with E-state index in [1.54, 1.807) is 12.1 Å². The molecule has 1 aromatic rings. The van der Waals surface area contributed by atoms with E-state index in [1.807, 2.05) is 6.07 Å². The Morgan fingerprint density at radius 3 is 2.55 bits per heavy atom. The lowest BCUT2D eigenvalue weighted by Gasteiger charge is -2.38. The van der Waals surface area contributed by atoms with Gasteiger partial charge in [0.2, 0.25) is 0 Å². The molecule has 1 N–H and O–H groups in total. The number of nitrogens with zero attached hydrogens (tertiary/aromatic N) is 1. The molecule has 0 bridgehead atoms. The Morgan fingerprint density at radius 2 is 1.90 bits per heavy atom. The number of hydrogen-bond donors (Lipinski definition) is 1. The molecule has 1 atom stereocenters. The Bertz CT molecular complexity index is 454. The summed E-state index contributed by atoms with van der Waals surface area (Å²) in [7, 11) is 0. The molecule has 0 aromatic heterocycles. The first kappa shape index (κ1) is 14.3. The second kappa shape index (κ2) is 6.42. The van der Waals surface area contributed by atoms with Crippen LogP contribution in [-0.4, -0.2) is 31.1 Å². The molecule has 20 heavy (non-hydrogen) atoms. The van der Waals surface area contributed by atoms with Crippen molar-refractivity contribution >= 4 is 11.6 Å². The molecular weight excluding hydrogens is 275 g/mol. The van der Waals surface area contributed by atoms with Crippen LogP contribution >= 0.6 is 11.6 Å². The zero-order valence-electron chi connectivity index (χ0n) is 11.7. The van der Waals surface area contributed by atoms with E-state index in [1.165, 1.54) is 25.7 Å². The van der Waals surface area contributed by atoms with Crippen molar-refractivity contribution in [2.75, 3.05) is 26.2 Å². The molecule has 2 nitrogen and oxygen atoms in total. The van der Waals surface area contributed by atoms with E-state index in [-0.39, 0.29) is 10.8 Å². The minimum atomic E-state index is -0.290. The number of rotatable bonds is 3. The van der Waals surface area contributed by atoms with Gasteiger partial charge in [-0.25, -0.2) is 4.39 Å². The number of hydrogen-bond acceptors (Lipinski definition) is 2. The van der Waals surface area contributed by atoms with Crippen molar-refractivity contribution in [3.8, 4) is 0 Å². The summed E-state index contributed by atoms with van der Waals surface area (Å²) in [4.78, 5) is 2.52. The van der Waals surface area contributed by atoms with Crippen LogP contribution in [0.5, 0.6) is 0 Å². The van der Waals surface area contributed by atoms with Crippen molar-refractivity contribution in [3.05, 3.63) is 34.6 Å². The third kappa shape index (κ3) is 3.00. The Balaban J connectivity index is 1.88. The van der Waals surface area contributed by atoms with Crippen LogP contribution in [0.25, 0.3) is 0 Å². The van der Waals surface area contributed by atoms with Gasteiger partial charge in [0.1, 0.15) is 5.82 Å². The number of nitrogens with one attached hydrogen (secondary N) is 1. The third-order valence-corrected chi connectivity index (χ3v) is 4.98. The maximum absolute atomic E-state index is 13.8. The first-order valence-corrected chi connectivity index (χ1v) is 8.03. The quantitative estimate of drug-likeness (QED) is 0.916. The SMILES string of the molecule is Fc1cc([C@@H](C2CCCC2)N2CCNCC2)ccc1Cl. The highest BCUT2D eigenvalue weighted by atomic mass is 35.5. The number of piperazine rings is 1. The van der Waals surface area contributed by atoms with Crippen LogP contribution < -0.4 is 5.32 Å². The monoisotopic (exact) mass is 296 g/mol. The fraction of sp³-hybridized carbons (Fsp3) is 0.625. The molecule has 0 amide bonds. The number of benzene rings is 1. The second-order valence-corrected chi connectivity index (χ2v) is 6.36. The molecule has 1 heterocycles. The van der Waals surface area contributed by atoms with Gasteiger partial charge in [-0.3, -0.25) is 4.90 Å². The Morgan fingerprint density at radius 1 is 1.20 bits per heavy atom. The topological polar surface area (TPSA) is 15.3 Å². The van der Waals surface area contributed by atoms with Gasteiger partial charge in [-0.1, -0.05) is 30.5 Å². The summed E-state index contributed by atoms with van der Waals surface area (Å²) in [5.41, 5.74) is 1.10. The Labute approximate surface area is 125 Å². The molecule has 0 spiro atoms. The highest BCUT2D eigenvalue weighted by Crippen LogP contribution is 2.40. The fourth-order valence-electron chi connectivity index (χ4n) is 3.71. The summed E-state index contributed by atoms with van der Waals surface area (Å²) in [6.07, 6.45) is 5.14. The predicted molar refractivity (Wildman–Crippen MR) is 80.6 cm³/mol. The van der Waals surface area contributed by atoms with Crippen LogP contribution in [0.3, 0.4) is 0 Å². The van der Waals surface area contributed by atoms with Crippen molar-refractivity contribution in [2.24, 2.45) is 5.92 Å². The van der Waals surface area contributed by atoms with E-state index in [9.17, 15) is 4.39 Å². The maximum atomic E-state index is 13.8. The molecule has 0 radical (unpaired) electrons. The summed E-state index contributed by atoms with van der Waals surface area (Å²) >= 11 is 5.83. The van der Waals surface area contributed by atoms with Gasteiger partial charge in [0, 0.05) is 32.2 Å². The summed E-state index contributed by atoms with van der Waals surface area (Å²) < 4.78 is 13.8. The summed E-state index contributed by atoms with van der Waals surface area (Å²) in [5, 5.41) is 3.62. The molecular formula is C16H22ClFN2. The highest BCUT2D eigenvalue weighted by molar-refractivity contribution is 6.30. The van der Waals surface area contributed by atoms with E-state index in [0.717, 1.165) is 31.7 Å². The van der Waals surface area contributed by atoms with Gasteiger partial charge in [-0.15, -0.1) is 0 Å². The lowest BCUT2D eigenvalue weighted by molar-refractivity contribution is 0.125. The van der Waals surface area contributed by atoms with Gasteiger partial charge in [0.25, 0.3) is 0 Å². The lowest BCUT2D eigenvalue weighted by Crippen LogP contribution is -2.46. The summed E-state index contributed by atoms with van der Waals surface area (Å²) in [6.45, 7) is 4.15. The standard InChI is InChI=1S/C16H22ClFN2/c17-14-6-5-13(11-15(14)18)16(12-3-1-2-4-12)20-9-7-19-8-10-20/h5-6,11-12,16,19H,1-4,7-10H2/t16-/m1/s1. The van der Waals surface area contributed by atoms with Gasteiger partial charge in [0.05, 0.1) is 5.02 Å². The average molecular weight is 297 g/mol. The van der Waals surface area contributed by atoms with Gasteiger partial charge in [-0.05, 0) is 36.5 Å². The fourth-order valence-corrected chi connectivity index (χ4v) is 3.83. The largest absolute Gasteiger partial charge is 0.314 e. The van der Waals surface area contributed by atoms with Crippen LogP contribution in [0.15, 0.2) is 18.2 Å². The normalized spacial score (nSPS) is 23.1. The molecule has 2 aliphatic rings. The maximum Gasteiger partial charge on any atom is 0.142 e. The van der Waals surface area contributed by atoms with E-state index in [2.05, 4.69) is 10.2 Å². The van der Waals surface area contributed by atoms with Gasteiger partial charge >= 0.3 is 0 Å². The molecule has 2 fully saturated rings. The van der Waals surface area contributed by atoms with Crippen molar-refractivity contribution in [3.63, 3.8) is 0 Å². The first-order chi connectivity index (χ1) is 9.75. The summed E-state index contributed by atoms with van der Waals surface area (Å²) in [5.74, 6) is 0.371. The van der Waals surface area contributed by atoms with E-state index in [0.29, 0.717) is 12.0 Å². The first-order valence-electron chi connectivity index (χ1n) is 7.65. The number of halogens is 2. The molecule has 110 valence electrons. The van der Waals surface area contributed by atoms with Crippen molar-refractivity contribution in [1.82, 2.24) is 10.2 Å². The second-order valence-electron chi connectivity index (χ2n) is 5.95. The highest BCUT2D eigenvalue weighted by Gasteiger charge is 2.32. The van der Waals surface area contributed by atoms with Gasteiger partial charge in [0.15, 0.2) is 0 Å². The zero-order valence-corrected chi connectivity index (χ0v) is 12.5. The summed E-state index contributed by atoms with van der Waals surface area (Å²) in [6, 6.07) is 5.71. The van der Waals surface area contributed by atoms with E-state index >= 15 is 0 Å². The Hall–Kier alpha value is -0.640. The molecule has 1 aliphatic heterocycles. The van der Waals surface area contributed by atoms with Crippen LogP contribution in [-0.2, 0) is 0 Å². The minimum absolute atomic E-state index is 0.222. The van der Waals surface area contributed by atoms with Crippen LogP contribution in [0.2, 0.25) is 5.02 Å². The Kier molecular flexibility index (Phi) is 4.59. The van der Waals surface area contributed by atoms with E-state index in [4.69, 9.17) is 11.6 Å². The molecule has 0 unspecified atom stereocenters. The molecule has 4 heteroatoms. The lowest BCUT2D eigenvalue weighted by atomic mass is 9.89. The smallest absolute Gasteiger partial charge is 0.142 e. The van der Waals surface area contributed by atoms with Gasteiger partial charge < -0.3 is 5.32 Å². The van der Waals surface area contributed by atoms with Gasteiger partial charge in [-0.2, -0.15) is 0 Å². The molecule has 1 saturated carbocycles. The zero-order chi connectivity index (χ0) is 13.9. The molecule has 3 rings (SSSR count). The predicted octanol–water partition coefficient (Wildman–Crippen LogP) is 3.62. The van der Waals surface area contributed by atoms with Crippen LogP contribution in [0.1, 0.15) is 37.3 Å². The third-order valence-electron chi connectivity index (χ3n) is 4.68. The average Bonchev–Trinajstić information content (AvgIpc) is 2.98. The van der Waals surface area contributed by atoms with Crippen LogP contribution in [0, 0.1) is 11.7 Å². The molecule has 1 saturated heterocycles. The molecule has 1 aliphatic carbocycles. The van der Waals surface area contributed by atoms with Crippen molar-refractivity contribution < 1.29 is 4.39 Å². The minimum Gasteiger partial charge on any atom is -0.314 e. The van der Waals surface area contributed by atoms with Crippen molar-refractivity contribution in [2.45, 2.75) is 31.7 Å². The van der Waals surface area contributed by atoms with Crippen molar-refractivity contribution in [1.29, 1.82) is 0 Å². The van der Waals surface area contributed by atoms with E-state index < -0.39 is 0 Å². The van der Waals surface area contributed by atoms with Crippen LogP contribution in [0.4, 0.5) is 4.39 Å².